The van der Waals surface area contributed by atoms with Crippen LogP contribution in [0.2, 0.25) is 0 Å². The summed E-state index contributed by atoms with van der Waals surface area (Å²) in [4.78, 5) is 22.5. The van der Waals surface area contributed by atoms with Gasteiger partial charge in [0.2, 0.25) is 5.91 Å². The van der Waals surface area contributed by atoms with E-state index in [4.69, 9.17) is 9.52 Å². The van der Waals surface area contributed by atoms with Gasteiger partial charge < -0.3 is 14.8 Å². The molecule has 0 aromatic carbocycles. The van der Waals surface area contributed by atoms with Crippen LogP contribution < -0.4 is 5.32 Å². The molecule has 94 valence electrons. The van der Waals surface area contributed by atoms with Gasteiger partial charge >= 0.3 is 5.97 Å². The molecule has 17 heavy (non-hydrogen) atoms. The lowest BCUT2D eigenvalue weighted by molar-refractivity contribution is -0.142. The van der Waals surface area contributed by atoms with Crippen LogP contribution in [0, 0.1) is 5.92 Å². The van der Waals surface area contributed by atoms with Gasteiger partial charge in [-0.05, 0) is 24.5 Å². The lowest BCUT2D eigenvalue weighted by atomic mass is 10.0. The summed E-state index contributed by atoms with van der Waals surface area (Å²) in [5, 5.41) is 11.4. The smallest absolute Gasteiger partial charge is 0.326 e. The second kappa shape index (κ2) is 6.08. The number of amides is 1. The summed E-state index contributed by atoms with van der Waals surface area (Å²) in [6.45, 7) is 3.82. The summed E-state index contributed by atoms with van der Waals surface area (Å²) in [5.74, 6) is -0.615. The van der Waals surface area contributed by atoms with Gasteiger partial charge in [0.25, 0.3) is 0 Å². The third-order valence-electron chi connectivity index (χ3n) is 2.26. The minimum absolute atomic E-state index is 0.0644. The van der Waals surface area contributed by atoms with E-state index in [0.29, 0.717) is 12.2 Å². The highest BCUT2D eigenvalue weighted by Crippen LogP contribution is 2.06. The number of carbonyl (C=O) groups is 2. The summed E-state index contributed by atoms with van der Waals surface area (Å²) >= 11 is 0. The molecule has 5 heteroatoms. The third-order valence-corrected chi connectivity index (χ3v) is 2.26. The predicted octanol–water partition coefficient (Wildman–Crippen LogP) is 1.44. The fraction of sp³-hybridized carbons (Fsp3) is 0.500. The number of aliphatic carboxylic acids is 1. The molecular weight excluding hydrogens is 222 g/mol. The first-order valence-electron chi connectivity index (χ1n) is 5.53. The SMILES string of the molecule is CC(C)C[C@@H](NC(=O)Cc1ccco1)C(=O)O. The molecule has 0 aliphatic heterocycles. The molecule has 0 saturated carbocycles. The largest absolute Gasteiger partial charge is 0.480 e. The Morgan fingerprint density at radius 3 is 2.65 bits per heavy atom. The highest BCUT2D eigenvalue weighted by atomic mass is 16.4. The van der Waals surface area contributed by atoms with Crippen LogP contribution in [-0.2, 0) is 16.0 Å². The number of carboxylic acid groups (broad SMARTS) is 1. The van der Waals surface area contributed by atoms with Gasteiger partial charge in [-0.25, -0.2) is 4.79 Å². The lowest BCUT2D eigenvalue weighted by Gasteiger charge is -2.15. The second-order valence-electron chi connectivity index (χ2n) is 4.34. The molecule has 1 rings (SSSR count). The maximum Gasteiger partial charge on any atom is 0.326 e. The van der Waals surface area contributed by atoms with Gasteiger partial charge in [-0.2, -0.15) is 0 Å². The number of hydrogen-bond acceptors (Lipinski definition) is 3. The van der Waals surface area contributed by atoms with Gasteiger partial charge in [-0.3, -0.25) is 4.79 Å². The second-order valence-corrected chi connectivity index (χ2v) is 4.34. The number of nitrogens with one attached hydrogen (secondary N) is 1. The van der Waals surface area contributed by atoms with Crippen molar-refractivity contribution in [3.8, 4) is 0 Å². The maximum atomic E-state index is 11.6. The molecular formula is C12H17NO4. The molecule has 0 saturated heterocycles. The normalized spacial score (nSPS) is 12.4. The van der Waals surface area contributed by atoms with Gasteiger partial charge in [0.1, 0.15) is 11.8 Å². The molecule has 0 spiro atoms. The van der Waals surface area contributed by atoms with Crippen molar-refractivity contribution in [3.63, 3.8) is 0 Å². The molecule has 1 amide bonds. The topological polar surface area (TPSA) is 79.5 Å². The molecule has 0 aliphatic carbocycles. The number of carbonyl (C=O) groups excluding carboxylic acids is 1. The van der Waals surface area contributed by atoms with Gasteiger partial charge in [-0.15, -0.1) is 0 Å². The average Bonchev–Trinajstić information content (AvgIpc) is 2.68. The summed E-state index contributed by atoms with van der Waals surface area (Å²) < 4.78 is 5.02. The van der Waals surface area contributed by atoms with Crippen LogP contribution in [-0.4, -0.2) is 23.0 Å². The Morgan fingerprint density at radius 1 is 1.47 bits per heavy atom. The van der Waals surface area contributed by atoms with Crippen molar-refractivity contribution in [2.24, 2.45) is 5.92 Å². The number of rotatable bonds is 6. The minimum Gasteiger partial charge on any atom is -0.480 e. The van der Waals surface area contributed by atoms with Crippen LogP contribution in [0.1, 0.15) is 26.0 Å². The molecule has 0 aliphatic rings. The molecule has 0 unspecified atom stereocenters. The molecule has 0 bridgehead atoms. The molecule has 1 aromatic rings. The molecule has 5 nitrogen and oxygen atoms in total. The van der Waals surface area contributed by atoms with Crippen molar-refractivity contribution in [2.45, 2.75) is 32.7 Å². The maximum absolute atomic E-state index is 11.6. The Labute approximate surface area is 99.8 Å². The van der Waals surface area contributed by atoms with Crippen LogP contribution >= 0.6 is 0 Å². The van der Waals surface area contributed by atoms with E-state index in [0.717, 1.165) is 0 Å². The lowest BCUT2D eigenvalue weighted by Crippen LogP contribution is -2.42. The average molecular weight is 239 g/mol. The van der Waals surface area contributed by atoms with E-state index < -0.39 is 12.0 Å². The van der Waals surface area contributed by atoms with E-state index in [9.17, 15) is 9.59 Å². The summed E-state index contributed by atoms with van der Waals surface area (Å²) in [5.41, 5.74) is 0. The Morgan fingerprint density at radius 2 is 2.18 bits per heavy atom. The molecule has 0 fully saturated rings. The summed E-state index contributed by atoms with van der Waals surface area (Å²) in [6.07, 6.45) is 1.96. The zero-order valence-corrected chi connectivity index (χ0v) is 9.97. The van der Waals surface area contributed by atoms with E-state index in [1.54, 1.807) is 12.1 Å². The zero-order valence-electron chi connectivity index (χ0n) is 9.97. The van der Waals surface area contributed by atoms with E-state index in [2.05, 4.69) is 5.32 Å². The van der Waals surface area contributed by atoms with Crippen molar-refractivity contribution in [2.75, 3.05) is 0 Å². The monoisotopic (exact) mass is 239 g/mol. The predicted molar refractivity (Wildman–Crippen MR) is 61.4 cm³/mol. The quantitative estimate of drug-likeness (QED) is 0.787. The Hall–Kier alpha value is -1.78. The van der Waals surface area contributed by atoms with Crippen molar-refractivity contribution in [3.05, 3.63) is 24.2 Å². The first-order valence-corrected chi connectivity index (χ1v) is 5.53. The Bertz CT molecular complexity index is 370. The van der Waals surface area contributed by atoms with E-state index >= 15 is 0 Å². The fourth-order valence-electron chi connectivity index (χ4n) is 1.51. The van der Waals surface area contributed by atoms with Crippen molar-refractivity contribution in [1.29, 1.82) is 0 Å². The van der Waals surface area contributed by atoms with Crippen LogP contribution in [0.15, 0.2) is 22.8 Å². The zero-order chi connectivity index (χ0) is 12.8. The number of furan rings is 1. The van der Waals surface area contributed by atoms with Gasteiger partial charge in [-0.1, -0.05) is 13.8 Å². The van der Waals surface area contributed by atoms with Gasteiger partial charge in [0, 0.05) is 0 Å². The van der Waals surface area contributed by atoms with E-state index in [1.165, 1.54) is 6.26 Å². The first-order chi connectivity index (χ1) is 7.99. The van der Waals surface area contributed by atoms with E-state index in [-0.39, 0.29) is 18.2 Å². The highest BCUT2D eigenvalue weighted by Gasteiger charge is 2.21. The third kappa shape index (κ3) is 4.72. The van der Waals surface area contributed by atoms with E-state index in [1.807, 2.05) is 13.8 Å². The fourth-order valence-corrected chi connectivity index (χ4v) is 1.51. The Balaban J connectivity index is 2.49. The molecule has 1 heterocycles. The van der Waals surface area contributed by atoms with Crippen LogP contribution in [0.4, 0.5) is 0 Å². The summed E-state index contributed by atoms with van der Waals surface area (Å²) in [6, 6.07) is 2.53. The van der Waals surface area contributed by atoms with Crippen LogP contribution in [0.3, 0.4) is 0 Å². The molecule has 1 aromatic heterocycles. The van der Waals surface area contributed by atoms with Crippen molar-refractivity contribution in [1.82, 2.24) is 5.32 Å². The van der Waals surface area contributed by atoms with Crippen LogP contribution in [0.5, 0.6) is 0 Å². The standard InChI is InChI=1S/C12H17NO4/c1-8(2)6-10(12(15)16)13-11(14)7-9-4-3-5-17-9/h3-5,8,10H,6-7H2,1-2H3,(H,13,14)(H,15,16)/t10-/m1/s1. The van der Waals surface area contributed by atoms with Crippen molar-refractivity contribution >= 4 is 11.9 Å². The molecule has 0 radical (unpaired) electrons. The minimum atomic E-state index is -1.01. The Kier molecular flexibility index (Phi) is 4.75. The highest BCUT2D eigenvalue weighted by molar-refractivity contribution is 5.84. The first kappa shape index (κ1) is 13.3. The molecule has 2 N–H and O–H groups in total. The van der Waals surface area contributed by atoms with Gasteiger partial charge in [0.05, 0.1) is 12.7 Å². The van der Waals surface area contributed by atoms with Crippen molar-refractivity contribution < 1.29 is 19.1 Å². The number of carboxylic acids is 1. The summed E-state index contributed by atoms with van der Waals surface area (Å²) in [7, 11) is 0. The van der Waals surface area contributed by atoms with Gasteiger partial charge in [0.15, 0.2) is 0 Å². The molecule has 1 atom stereocenters. The number of hydrogen-bond donors (Lipinski definition) is 2. The van der Waals surface area contributed by atoms with Crippen LogP contribution in [0.25, 0.3) is 0 Å².